The van der Waals surface area contributed by atoms with Crippen LogP contribution in [0.25, 0.3) is 0 Å². The van der Waals surface area contributed by atoms with E-state index < -0.39 is 11.9 Å². The van der Waals surface area contributed by atoms with Gasteiger partial charge in [0.25, 0.3) is 0 Å². The second-order valence-electron chi connectivity index (χ2n) is 4.27. The van der Waals surface area contributed by atoms with Crippen molar-refractivity contribution >= 4 is 17.7 Å². The second kappa shape index (κ2) is 5.56. The standard InChI is InChI=1S/C13H17NO2S/c1-14-8-11(13(15)16)9-4-5-12-10(7-9)3-2-6-17-12/h4-5,7,11,14H,2-3,6,8H2,1H3,(H,15,16). The van der Waals surface area contributed by atoms with Crippen LogP contribution in [0.4, 0.5) is 0 Å². The Hall–Kier alpha value is -1.00. The highest BCUT2D eigenvalue weighted by Gasteiger charge is 2.20. The molecule has 1 unspecified atom stereocenters. The van der Waals surface area contributed by atoms with E-state index >= 15 is 0 Å². The van der Waals surface area contributed by atoms with Gasteiger partial charge in [0.05, 0.1) is 5.92 Å². The summed E-state index contributed by atoms with van der Waals surface area (Å²) in [4.78, 5) is 12.5. The van der Waals surface area contributed by atoms with Gasteiger partial charge in [-0.15, -0.1) is 11.8 Å². The maximum absolute atomic E-state index is 11.2. The minimum Gasteiger partial charge on any atom is -0.481 e. The highest BCUT2D eigenvalue weighted by molar-refractivity contribution is 7.99. The van der Waals surface area contributed by atoms with Crippen molar-refractivity contribution in [1.82, 2.24) is 5.32 Å². The number of nitrogens with one attached hydrogen (secondary N) is 1. The number of carbonyl (C=O) groups is 1. The molecule has 1 atom stereocenters. The number of aryl methyl sites for hydroxylation is 1. The highest BCUT2D eigenvalue weighted by atomic mass is 32.2. The molecule has 4 heteroatoms. The Balaban J connectivity index is 2.28. The lowest BCUT2D eigenvalue weighted by Gasteiger charge is -2.18. The first-order valence-corrected chi connectivity index (χ1v) is 6.84. The van der Waals surface area contributed by atoms with Gasteiger partial charge in [-0.05, 0) is 42.8 Å². The number of hydrogen-bond donors (Lipinski definition) is 2. The zero-order chi connectivity index (χ0) is 12.3. The summed E-state index contributed by atoms with van der Waals surface area (Å²) >= 11 is 1.87. The predicted molar refractivity (Wildman–Crippen MR) is 69.8 cm³/mol. The number of fused-ring (bicyclic) bond motifs is 1. The Kier molecular flexibility index (Phi) is 4.07. The molecule has 2 N–H and O–H groups in total. The Bertz CT molecular complexity index is 420. The van der Waals surface area contributed by atoms with E-state index in [1.807, 2.05) is 17.8 Å². The molecule has 1 heterocycles. The number of thioether (sulfide) groups is 1. The van der Waals surface area contributed by atoms with Crippen LogP contribution in [0, 0.1) is 0 Å². The van der Waals surface area contributed by atoms with Gasteiger partial charge in [-0.1, -0.05) is 12.1 Å². The average Bonchev–Trinajstić information content (AvgIpc) is 2.35. The van der Waals surface area contributed by atoms with E-state index in [1.165, 1.54) is 22.6 Å². The van der Waals surface area contributed by atoms with Crippen molar-refractivity contribution in [1.29, 1.82) is 0 Å². The molecule has 0 saturated heterocycles. The summed E-state index contributed by atoms with van der Waals surface area (Å²) in [5.74, 6) is -0.0365. The molecular formula is C13H17NO2S. The molecule has 0 aliphatic carbocycles. The molecule has 0 bridgehead atoms. The van der Waals surface area contributed by atoms with E-state index in [0.717, 1.165) is 12.0 Å². The van der Waals surface area contributed by atoms with Gasteiger partial charge in [0, 0.05) is 11.4 Å². The minimum absolute atomic E-state index is 0.447. The van der Waals surface area contributed by atoms with Crippen LogP contribution in [0.15, 0.2) is 23.1 Å². The van der Waals surface area contributed by atoms with Crippen LogP contribution in [0.3, 0.4) is 0 Å². The van der Waals surface area contributed by atoms with Crippen molar-refractivity contribution < 1.29 is 9.90 Å². The van der Waals surface area contributed by atoms with Gasteiger partial charge in [-0.25, -0.2) is 0 Å². The van der Waals surface area contributed by atoms with Crippen LogP contribution >= 0.6 is 11.8 Å². The lowest BCUT2D eigenvalue weighted by molar-refractivity contribution is -0.138. The fourth-order valence-electron chi connectivity index (χ4n) is 2.15. The van der Waals surface area contributed by atoms with Crippen LogP contribution < -0.4 is 5.32 Å². The van der Waals surface area contributed by atoms with Gasteiger partial charge < -0.3 is 10.4 Å². The third-order valence-corrected chi connectivity index (χ3v) is 4.24. The number of rotatable bonds is 4. The molecule has 1 aliphatic rings. The Labute approximate surface area is 106 Å². The van der Waals surface area contributed by atoms with Gasteiger partial charge in [0.15, 0.2) is 0 Å². The number of carboxylic acids is 1. The zero-order valence-corrected chi connectivity index (χ0v) is 10.7. The van der Waals surface area contributed by atoms with E-state index in [1.54, 1.807) is 7.05 Å². The van der Waals surface area contributed by atoms with Crippen LogP contribution in [0.1, 0.15) is 23.5 Å². The van der Waals surface area contributed by atoms with E-state index in [2.05, 4.69) is 17.4 Å². The highest BCUT2D eigenvalue weighted by Crippen LogP contribution is 2.32. The second-order valence-corrected chi connectivity index (χ2v) is 5.40. The van der Waals surface area contributed by atoms with Crippen molar-refractivity contribution in [3.05, 3.63) is 29.3 Å². The minimum atomic E-state index is -0.761. The summed E-state index contributed by atoms with van der Waals surface area (Å²) in [5, 5.41) is 12.2. The molecule has 1 aromatic rings. The lowest BCUT2D eigenvalue weighted by atomic mass is 9.96. The summed E-state index contributed by atoms with van der Waals surface area (Å²) in [6.45, 7) is 0.473. The summed E-state index contributed by atoms with van der Waals surface area (Å²) in [5.41, 5.74) is 2.22. The van der Waals surface area contributed by atoms with Gasteiger partial charge in [-0.2, -0.15) is 0 Å². The summed E-state index contributed by atoms with van der Waals surface area (Å²) in [6.07, 6.45) is 2.26. The van der Waals surface area contributed by atoms with E-state index in [4.69, 9.17) is 0 Å². The predicted octanol–water partition coefficient (Wildman–Crippen LogP) is 2.11. The third kappa shape index (κ3) is 2.82. The topological polar surface area (TPSA) is 49.3 Å². The van der Waals surface area contributed by atoms with Crippen molar-refractivity contribution in [2.45, 2.75) is 23.7 Å². The van der Waals surface area contributed by atoms with Gasteiger partial charge in [0.1, 0.15) is 0 Å². The van der Waals surface area contributed by atoms with Crippen molar-refractivity contribution in [2.75, 3.05) is 19.3 Å². The number of benzene rings is 1. The average molecular weight is 251 g/mol. The zero-order valence-electron chi connectivity index (χ0n) is 9.90. The molecule has 2 rings (SSSR count). The van der Waals surface area contributed by atoms with Crippen molar-refractivity contribution in [3.8, 4) is 0 Å². The molecule has 3 nitrogen and oxygen atoms in total. The van der Waals surface area contributed by atoms with Crippen LogP contribution in [0.2, 0.25) is 0 Å². The first-order valence-electron chi connectivity index (χ1n) is 5.85. The number of aliphatic carboxylic acids is 1. The summed E-state index contributed by atoms with van der Waals surface area (Å²) < 4.78 is 0. The van der Waals surface area contributed by atoms with E-state index in [-0.39, 0.29) is 0 Å². The molecule has 1 aromatic carbocycles. The fraction of sp³-hybridized carbons (Fsp3) is 0.462. The van der Waals surface area contributed by atoms with Crippen LogP contribution in [-0.2, 0) is 11.2 Å². The van der Waals surface area contributed by atoms with Crippen molar-refractivity contribution in [3.63, 3.8) is 0 Å². The van der Waals surface area contributed by atoms with Gasteiger partial charge in [0.2, 0.25) is 0 Å². The van der Waals surface area contributed by atoms with Gasteiger partial charge >= 0.3 is 5.97 Å². The van der Waals surface area contributed by atoms with Gasteiger partial charge in [-0.3, -0.25) is 4.79 Å². The quantitative estimate of drug-likeness (QED) is 0.860. The Morgan fingerprint density at radius 2 is 2.41 bits per heavy atom. The fourth-order valence-corrected chi connectivity index (χ4v) is 3.17. The SMILES string of the molecule is CNCC(C(=O)O)c1ccc2c(c1)CCCS2. The molecule has 0 spiro atoms. The third-order valence-electron chi connectivity index (χ3n) is 3.04. The Morgan fingerprint density at radius 1 is 1.59 bits per heavy atom. The molecule has 0 radical (unpaired) electrons. The van der Waals surface area contributed by atoms with Crippen LogP contribution in [0.5, 0.6) is 0 Å². The van der Waals surface area contributed by atoms with E-state index in [9.17, 15) is 9.90 Å². The lowest BCUT2D eigenvalue weighted by Crippen LogP contribution is -2.24. The maximum atomic E-state index is 11.2. The van der Waals surface area contributed by atoms with Crippen molar-refractivity contribution in [2.24, 2.45) is 0 Å². The number of hydrogen-bond acceptors (Lipinski definition) is 3. The normalized spacial score (nSPS) is 16.3. The molecule has 0 fully saturated rings. The smallest absolute Gasteiger partial charge is 0.312 e. The van der Waals surface area contributed by atoms with E-state index in [0.29, 0.717) is 6.54 Å². The molecular weight excluding hydrogens is 234 g/mol. The molecule has 17 heavy (non-hydrogen) atoms. The monoisotopic (exact) mass is 251 g/mol. The first kappa shape index (κ1) is 12.5. The molecule has 0 amide bonds. The molecule has 0 saturated carbocycles. The molecule has 0 aromatic heterocycles. The Morgan fingerprint density at radius 3 is 3.12 bits per heavy atom. The summed E-state index contributed by atoms with van der Waals surface area (Å²) in [6, 6.07) is 6.09. The maximum Gasteiger partial charge on any atom is 0.312 e. The first-order chi connectivity index (χ1) is 8.22. The summed E-state index contributed by atoms with van der Waals surface area (Å²) in [7, 11) is 1.78. The number of carboxylic acid groups (broad SMARTS) is 1. The largest absolute Gasteiger partial charge is 0.481 e. The number of likely N-dealkylation sites (N-methyl/N-ethyl adjacent to an activating group) is 1. The molecule has 1 aliphatic heterocycles. The molecule has 92 valence electrons. The van der Waals surface area contributed by atoms with Crippen LogP contribution in [-0.4, -0.2) is 30.4 Å².